The van der Waals surface area contributed by atoms with Crippen LogP contribution in [0.4, 0.5) is 0 Å². The Labute approximate surface area is 312 Å². The van der Waals surface area contributed by atoms with Crippen LogP contribution in [-0.2, 0) is 28.5 Å². The first kappa shape index (κ1) is 35.5. The zero-order valence-corrected chi connectivity index (χ0v) is 30.8. The number of fused-ring (bicyclic) bond motifs is 4. The number of epoxide rings is 1. The summed E-state index contributed by atoms with van der Waals surface area (Å²) in [5.41, 5.74) is -1.24. The van der Waals surface area contributed by atoms with Crippen LogP contribution in [0, 0.1) is 35.0 Å². The molecule has 0 unspecified atom stereocenters. The molecule has 6 aliphatic rings. The molecule has 3 saturated carbocycles. The number of halogens is 2. The van der Waals surface area contributed by atoms with Gasteiger partial charge in [-0.05, 0) is 129 Å². The number of hydrogen-bond acceptors (Lipinski definition) is 9. The van der Waals surface area contributed by atoms with Crippen LogP contribution in [0.15, 0.2) is 71.8 Å². The molecule has 0 amide bonds. The minimum atomic E-state index is -1.65. The van der Waals surface area contributed by atoms with E-state index in [-0.39, 0.29) is 59.1 Å². The number of aliphatic hydroxyl groups excluding tert-OH is 1. The quantitative estimate of drug-likeness (QED) is 0.179. The first-order valence-corrected chi connectivity index (χ1v) is 19.0. The maximum absolute atomic E-state index is 14.1. The standard InChI is InChI=1S/C41H42Cl2O9/c1-21-18-32(50-38(48)28(21)20-49-36(46)23-4-8-25(42)9-5-23)22(2)29-12-13-30-27-19-35-41(51-35)34(45)15-14-33(44)40(41,31(27)16-17-39(29,30)3)52-37(47)24-6-10-26(43)11-7-24/h4-11,14-15,22,27,29-32,34-35,45H,12-13,16-20H2,1-3H3/t22-,27-,29+,30-,31-,32+,34-,35+,39+,40+,41+/m0/s1. The molecule has 4 fully saturated rings. The van der Waals surface area contributed by atoms with Crippen molar-refractivity contribution in [3.8, 4) is 0 Å². The molecule has 2 aromatic carbocycles. The molecular weight excluding hydrogens is 707 g/mol. The van der Waals surface area contributed by atoms with Gasteiger partial charge in [0, 0.05) is 22.4 Å². The Morgan fingerprint density at radius 1 is 0.962 bits per heavy atom. The number of aliphatic hydroxyl groups is 1. The lowest BCUT2D eigenvalue weighted by molar-refractivity contribution is -0.184. The fraction of sp³-hybridized carbons (Fsp3) is 0.512. The number of cyclic esters (lactones) is 1. The number of hydrogen-bond donors (Lipinski definition) is 1. The van der Waals surface area contributed by atoms with Gasteiger partial charge >= 0.3 is 17.9 Å². The zero-order chi connectivity index (χ0) is 36.7. The molecule has 0 radical (unpaired) electrons. The molecule has 52 heavy (non-hydrogen) atoms. The summed E-state index contributed by atoms with van der Waals surface area (Å²) in [6.45, 7) is 6.22. The molecule has 1 N–H and O–H groups in total. The van der Waals surface area contributed by atoms with E-state index in [1.165, 1.54) is 12.2 Å². The van der Waals surface area contributed by atoms with Gasteiger partial charge < -0.3 is 24.1 Å². The number of ketones is 1. The van der Waals surface area contributed by atoms with Crippen LogP contribution < -0.4 is 0 Å². The first-order valence-electron chi connectivity index (χ1n) is 18.2. The molecule has 2 heterocycles. The van der Waals surface area contributed by atoms with Crippen LogP contribution in [0.1, 0.15) is 80.0 Å². The molecule has 2 aromatic rings. The van der Waals surface area contributed by atoms with Gasteiger partial charge in [-0.15, -0.1) is 0 Å². The highest BCUT2D eigenvalue weighted by Gasteiger charge is 2.84. The highest BCUT2D eigenvalue weighted by molar-refractivity contribution is 6.31. The summed E-state index contributed by atoms with van der Waals surface area (Å²) in [5.74, 6) is -1.81. The van der Waals surface area contributed by atoms with E-state index >= 15 is 0 Å². The molecule has 4 aliphatic carbocycles. The van der Waals surface area contributed by atoms with Crippen molar-refractivity contribution in [1.29, 1.82) is 0 Å². The summed E-state index contributed by atoms with van der Waals surface area (Å²) >= 11 is 12.0. The van der Waals surface area contributed by atoms with E-state index < -0.39 is 41.3 Å². The lowest BCUT2D eigenvalue weighted by Crippen LogP contribution is -2.71. The maximum atomic E-state index is 14.1. The predicted molar refractivity (Wildman–Crippen MR) is 191 cm³/mol. The number of carbonyl (C=O) groups is 4. The van der Waals surface area contributed by atoms with Gasteiger partial charge in [-0.1, -0.05) is 42.6 Å². The van der Waals surface area contributed by atoms with Crippen LogP contribution in [0.2, 0.25) is 10.0 Å². The predicted octanol–water partition coefficient (Wildman–Crippen LogP) is 7.11. The van der Waals surface area contributed by atoms with Crippen molar-refractivity contribution in [2.45, 2.75) is 88.8 Å². The molecule has 0 bridgehead atoms. The number of rotatable bonds is 7. The van der Waals surface area contributed by atoms with Crippen molar-refractivity contribution in [1.82, 2.24) is 0 Å². The minimum Gasteiger partial charge on any atom is -0.458 e. The molecule has 274 valence electrons. The molecule has 2 aliphatic heterocycles. The van der Waals surface area contributed by atoms with E-state index in [2.05, 4.69) is 13.8 Å². The van der Waals surface area contributed by atoms with Crippen LogP contribution in [0.25, 0.3) is 0 Å². The normalized spacial score (nSPS) is 37.9. The van der Waals surface area contributed by atoms with Crippen molar-refractivity contribution in [3.05, 3.63) is 93.0 Å². The van der Waals surface area contributed by atoms with Crippen LogP contribution in [-0.4, -0.2) is 64.9 Å². The minimum absolute atomic E-state index is 0.0229. The van der Waals surface area contributed by atoms with Gasteiger partial charge in [-0.3, -0.25) is 4.79 Å². The third-order valence-electron chi connectivity index (χ3n) is 13.6. The van der Waals surface area contributed by atoms with Crippen molar-refractivity contribution in [2.24, 2.45) is 35.0 Å². The van der Waals surface area contributed by atoms with Gasteiger partial charge in [0.25, 0.3) is 0 Å². The Morgan fingerprint density at radius 3 is 2.27 bits per heavy atom. The first-order chi connectivity index (χ1) is 24.8. The van der Waals surface area contributed by atoms with Crippen LogP contribution in [0.5, 0.6) is 0 Å². The number of carbonyl (C=O) groups excluding carboxylic acids is 4. The third-order valence-corrected chi connectivity index (χ3v) is 14.1. The molecule has 0 aromatic heterocycles. The SMILES string of the molecule is CC1=C(COC(=O)c2ccc(Cl)cc2)C(=O)O[C@@H]([C@@H](C)[C@H]2CC[C@H]3[C@@H]4C[C@H]5O[C@]56[C@@H](O)C=CC(=O)[C@]6(OC(=O)c5ccc(Cl)cc5)[C@H]4CC[C@]23C)C1. The van der Waals surface area contributed by atoms with Crippen LogP contribution in [0.3, 0.4) is 0 Å². The fourth-order valence-corrected chi connectivity index (χ4v) is 11.3. The Kier molecular flexibility index (Phi) is 8.76. The lowest BCUT2D eigenvalue weighted by Gasteiger charge is -2.58. The maximum Gasteiger partial charge on any atom is 0.339 e. The molecular formula is C41H42Cl2O9. The molecule has 8 rings (SSSR count). The fourth-order valence-electron chi connectivity index (χ4n) is 11.0. The van der Waals surface area contributed by atoms with Crippen molar-refractivity contribution >= 4 is 46.9 Å². The van der Waals surface area contributed by atoms with E-state index in [0.717, 1.165) is 24.8 Å². The Hall–Kier alpha value is -3.50. The molecule has 9 nitrogen and oxygen atoms in total. The van der Waals surface area contributed by atoms with E-state index in [4.69, 9.17) is 42.1 Å². The van der Waals surface area contributed by atoms with Crippen molar-refractivity contribution < 1.29 is 43.2 Å². The summed E-state index contributed by atoms with van der Waals surface area (Å²) < 4.78 is 24.3. The lowest BCUT2D eigenvalue weighted by atomic mass is 9.47. The largest absolute Gasteiger partial charge is 0.458 e. The van der Waals surface area contributed by atoms with Crippen LogP contribution >= 0.6 is 23.2 Å². The monoisotopic (exact) mass is 748 g/mol. The second-order valence-corrected chi connectivity index (χ2v) is 16.8. The average Bonchev–Trinajstić information content (AvgIpc) is 3.75. The van der Waals surface area contributed by atoms with Crippen molar-refractivity contribution in [2.75, 3.05) is 6.61 Å². The Balaban J connectivity index is 1.01. The summed E-state index contributed by atoms with van der Waals surface area (Å²) in [5, 5.41) is 12.3. The second kappa shape index (κ2) is 12.8. The van der Waals surface area contributed by atoms with E-state index in [9.17, 15) is 24.3 Å². The Morgan fingerprint density at radius 2 is 1.62 bits per heavy atom. The highest BCUT2D eigenvalue weighted by atomic mass is 35.5. The molecule has 1 saturated heterocycles. The number of benzene rings is 2. The smallest absolute Gasteiger partial charge is 0.339 e. The van der Waals surface area contributed by atoms with Gasteiger partial charge in [-0.25, -0.2) is 14.4 Å². The number of ether oxygens (including phenoxy) is 4. The summed E-state index contributed by atoms with van der Waals surface area (Å²) in [6.07, 6.45) is 5.45. The number of esters is 3. The molecule has 11 atom stereocenters. The van der Waals surface area contributed by atoms with E-state index in [0.29, 0.717) is 40.4 Å². The Bertz CT molecular complexity index is 1890. The third kappa shape index (κ3) is 5.32. The van der Waals surface area contributed by atoms with Gasteiger partial charge in [-0.2, -0.15) is 0 Å². The van der Waals surface area contributed by atoms with E-state index in [1.807, 2.05) is 6.92 Å². The van der Waals surface area contributed by atoms with E-state index in [1.54, 1.807) is 48.5 Å². The van der Waals surface area contributed by atoms with Gasteiger partial charge in [0.2, 0.25) is 11.4 Å². The second-order valence-electron chi connectivity index (χ2n) is 15.9. The molecule has 11 heteroatoms. The zero-order valence-electron chi connectivity index (χ0n) is 29.3. The summed E-state index contributed by atoms with van der Waals surface area (Å²) in [6, 6.07) is 12.7. The summed E-state index contributed by atoms with van der Waals surface area (Å²) in [7, 11) is 0. The van der Waals surface area contributed by atoms with Gasteiger partial charge in [0.1, 0.15) is 18.8 Å². The summed E-state index contributed by atoms with van der Waals surface area (Å²) in [4.78, 5) is 53.8. The molecule has 1 spiro atoms. The van der Waals surface area contributed by atoms with Crippen molar-refractivity contribution in [3.63, 3.8) is 0 Å². The van der Waals surface area contributed by atoms with Gasteiger partial charge in [0.05, 0.1) is 22.8 Å². The average molecular weight is 750 g/mol. The topological polar surface area (TPSA) is 129 Å². The van der Waals surface area contributed by atoms with Gasteiger partial charge in [0.15, 0.2) is 5.60 Å². The highest BCUT2D eigenvalue weighted by Crippen LogP contribution is 2.71.